The number of carbonyl (C=O) groups excluding carboxylic acids is 1. The number of amides is 1. The maximum absolute atomic E-state index is 12.7. The number of carboxylic acid groups (broad SMARTS) is 1. The summed E-state index contributed by atoms with van der Waals surface area (Å²) in [6.45, 7) is 0.683. The van der Waals surface area contributed by atoms with Crippen molar-refractivity contribution in [2.75, 3.05) is 13.1 Å². The highest BCUT2D eigenvalue weighted by Crippen LogP contribution is 2.02. The lowest BCUT2D eigenvalue weighted by Crippen LogP contribution is -2.27. The van der Waals surface area contributed by atoms with Crippen LogP contribution < -0.4 is 10.6 Å². The number of hydrogen-bond donors (Lipinski definition) is 3. The van der Waals surface area contributed by atoms with Crippen molar-refractivity contribution in [3.63, 3.8) is 0 Å². The average Bonchev–Trinajstić information content (AvgIpc) is 2.53. The van der Waals surface area contributed by atoms with Crippen LogP contribution in [0.4, 0.5) is 4.39 Å². The molecule has 0 unspecified atom stereocenters. The van der Waals surface area contributed by atoms with Crippen molar-refractivity contribution in [3.8, 4) is 6.07 Å². The summed E-state index contributed by atoms with van der Waals surface area (Å²) in [7, 11) is 0. The number of benzene rings is 1. The first-order chi connectivity index (χ1) is 11.0. The summed E-state index contributed by atoms with van der Waals surface area (Å²) in [5, 5.41) is 22.7. The van der Waals surface area contributed by atoms with Crippen LogP contribution in [0.15, 0.2) is 36.0 Å². The van der Waals surface area contributed by atoms with Crippen LogP contribution in [0.3, 0.4) is 0 Å². The Balaban J connectivity index is 2.34. The molecule has 122 valence electrons. The Morgan fingerprint density at radius 3 is 2.57 bits per heavy atom. The molecule has 0 aliphatic heterocycles. The van der Waals surface area contributed by atoms with Gasteiger partial charge in [0.25, 0.3) is 5.91 Å². The molecule has 0 bridgehead atoms. The van der Waals surface area contributed by atoms with E-state index in [2.05, 4.69) is 10.6 Å². The standard InChI is InChI=1S/C16H18FN3O3/c17-14-5-3-12(4-6-14)7-9-19-11-13(10-18)16(23)20-8-1-2-15(21)22/h3-6,11,19H,1-2,7-9H2,(H,20,23)(H,21,22)/b13-11-. The minimum absolute atomic E-state index is 0.0399. The molecule has 0 fully saturated rings. The van der Waals surface area contributed by atoms with Crippen molar-refractivity contribution in [1.29, 1.82) is 5.26 Å². The van der Waals surface area contributed by atoms with Crippen LogP contribution in [0.5, 0.6) is 0 Å². The molecule has 1 rings (SSSR count). The molecule has 0 spiro atoms. The van der Waals surface area contributed by atoms with Crippen LogP contribution in [0.2, 0.25) is 0 Å². The predicted molar refractivity (Wildman–Crippen MR) is 81.7 cm³/mol. The molecule has 6 nitrogen and oxygen atoms in total. The van der Waals surface area contributed by atoms with Crippen LogP contribution in [0.25, 0.3) is 0 Å². The molecule has 0 aliphatic rings. The first-order valence-corrected chi connectivity index (χ1v) is 7.11. The van der Waals surface area contributed by atoms with Crippen molar-refractivity contribution in [3.05, 3.63) is 47.4 Å². The molecular weight excluding hydrogens is 301 g/mol. The van der Waals surface area contributed by atoms with Gasteiger partial charge in [-0.15, -0.1) is 0 Å². The molecule has 1 amide bonds. The first kappa shape index (κ1) is 18.2. The maximum Gasteiger partial charge on any atom is 0.303 e. The van der Waals surface area contributed by atoms with Crippen LogP contribution in [-0.2, 0) is 16.0 Å². The minimum atomic E-state index is -0.933. The van der Waals surface area contributed by atoms with E-state index >= 15 is 0 Å². The highest BCUT2D eigenvalue weighted by molar-refractivity contribution is 5.97. The summed E-state index contributed by atoms with van der Waals surface area (Å²) in [5.41, 5.74) is 0.850. The van der Waals surface area contributed by atoms with Crippen molar-refractivity contribution >= 4 is 11.9 Å². The van der Waals surface area contributed by atoms with Gasteiger partial charge in [-0.05, 0) is 30.5 Å². The van der Waals surface area contributed by atoms with Crippen LogP contribution in [0.1, 0.15) is 18.4 Å². The smallest absolute Gasteiger partial charge is 0.303 e. The molecule has 0 saturated carbocycles. The number of nitrogens with zero attached hydrogens (tertiary/aromatic N) is 1. The van der Waals surface area contributed by atoms with Crippen molar-refractivity contribution in [2.45, 2.75) is 19.3 Å². The summed E-state index contributed by atoms with van der Waals surface area (Å²) < 4.78 is 12.7. The lowest BCUT2D eigenvalue weighted by atomic mass is 10.1. The highest BCUT2D eigenvalue weighted by Gasteiger charge is 2.08. The normalized spacial score (nSPS) is 10.7. The third-order valence-electron chi connectivity index (χ3n) is 2.94. The number of carbonyl (C=O) groups is 2. The van der Waals surface area contributed by atoms with E-state index < -0.39 is 11.9 Å². The van der Waals surface area contributed by atoms with E-state index in [1.54, 1.807) is 18.2 Å². The summed E-state index contributed by atoms with van der Waals surface area (Å²) in [4.78, 5) is 22.0. The Kier molecular flexibility index (Phi) is 7.86. The number of nitrogens with one attached hydrogen (secondary N) is 2. The highest BCUT2D eigenvalue weighted by atomic mass is 19.1. The van der Waals surface area contributed by atoms with Gasteiger partial charge in [-0.3, -0.25) is 9.59 Å². The summed E-state index contributed by atoms with van der Waals surface area (Å²) in [6.07, 6.45) is 2.20. The van der Waals surface area contributed by atoms with Gasteiger partial charge in [-0.25, -0.2) is 4.39 Å². The van der Waals surface area contributed by atoms with E-state index in [0.29, 0.717) is 19.4 Å². The van der Waals surface area contributed by atoms with Crippen molar-refractivity contribution in [1.82, 2.24) is 10.6 Å². The van der Waals surface area contributed by atoms with E-state index in [0.717, 1.165) is 5.56 Å². The summed E-state index contributed by atoms with van der Waals surface area (Å²) in [5.74, 6) is -1.78. The van der Waals surface area contributed by atoms with Gasteiger partial charge in [-0.2, -0.15) is 5.26 Å². The Morgan fingerprint density at radius 2 is 1.96 bits per heavy atom. The molecule has 1 aromatic carbocycles. The summed E-state index contributed by atoms with van der Waals surface area (Å²) >= 11 is 0. The van der Waals surface area contributed by atoms with E-state index in [-0.39, 0.29) is 24.4 Å². The monoisotopic (exact) mass is 319 g/mol. The fraction of sp³-hybridized carbons (Fsp3) is 0.312. The lowest BCUT2D eigenvalue weighted by Gasteiger charge is -2.05. The van der Waals surface area contributed by atoms with Gasteiger partial charge < -0.3 is 15.7 Å². The second kappa shape index (κ2) is 9.95. The zero-order valence-corrected chi connectivity index (χ0v) is 12.5. The molecule has 0 atom stereocenters. The molecule has 1 aromatic rings. The quantitative estimate of drug-likeness (QED) is 0.362. The van der Waals surface area contributed by atoms with E-state index in [1.807, 2.05) is 0 Å². The SMILES string of the molecule is N#C/C(=C/NCCc1ccc(F)cc1)C(=O)NCCCC(=O)O. The number of hydrogen-bond acceptors (Lipinski definition) is 4. The van der Waals surface area contributed by atoms with Crippen molar-refractivity contribution < 1.29 is 19.1 Å². The van der Waals surface area contributed by atoms with E-state index in [1.165, 1.54) is 18.3 Å². The van der Waals surface area contributed by atoms with E-state index in [4.69, 9.17) is 10.4 Å². The molecular formula is C16H18FN3O3. The number of carboxylic acids is 1. The molecule has 0 aromatic heterocycles. The molecule has 23 heavy (non-hydrogen) atoms. The van der Waals surface area contributed by atoms with Crippen LogP contribution in [0, 0.1) is 17.1 Å². The first-order valence-electron chi connectivity index (χ1n) is 7.11. The Hall–Kier alpha value is -2.88. The zero-order chi connectivity index (χ0) is 17.1. The molecule has 7 heteroatoms. The zero-order valence-electron chi connectivity index (χ0n) is 12.5. The fourth-order valence-electron chi connectivity index (χ4n) is 1.73. The van der Waals surface area contributed by atoms with Crippen LogP contribution in [-0.4, -0.2) is 30.1 Å². The van der Waals surface area contributed by atoms with Crippen LogP contribution >= 0.6 is 0 Å². The lowest BCUT2D eigenvalue weighted by molar-refractivity contribution is -0.137. The van der Waals surface area contributed by atoms with Gasteiger partial charge in [0.05, 0.1) is 0 Å². The van der Waals surface area contributed by atoms with Gasteiger partial charge in [-0.1, -0.05) is 12.1 Å². The second-order valence-corrected chi connectivity index (χ2v) is 4.75. The third-order valence-corrected chi connectivity index (χ3v) is 2.94. The van der Waals surface area contributed by atoms with Gasteiger partial charge in [0.2, 0.25) is 0 Å². The maximum atomic E-state index is 12.7. The third kappa shape index (κ3) is 7.62. The number of rotatable bonds is 9. The Labute approximate surface area is 133 Å². The number of halogens is 1. The number of aliphatic carboxylic acids is 1. The Bertz CT molecular complexity index is 606. The number of nitriles is 1. The summed E-state index contributed by atoms with van der Waals surface area (Å²) in [6, 6.07) is 7.86. The fourth-order valence-corrected chi connectivity index (χ4v) is 1.73. The molecule has 0 aliphatic carbocycles. The molecule has 0 radical (unpaired) electrons. The topological polar surface area (TPSA) is 102 Å². The van der Waals surface area contributed by atoms with Gasteiger partial charge in [0.15, 0.2) is 0 Å². The van der Waals surface area contributed by atoms with Gasteiger partial charge >= 0.3 is 5.97 Å². The van der Waals surface area contributed by atoms with Crippen molar-refractivity contribution in [2.24, 2.45) is 0 Å². The minimum Gasteiger partial charge on any atom is -0.481 e. The molecule has 0 saturated heterocycles. The van der Waals surface area contributed by atoms with E-state index in [9.17, 15) is 14.0 Å². The second-order valence-electron chi connectivity index (χ2n) is 4.75. The average molecular weight is 319 g/mol. The molecule has 0 heterocycles. The largest absolute Gasteiger partial charge is 0.481 e. The Morgan fingerprint density at radius 1 is 1.26 bits per heavy atom. The molecule has 3 N–H and O–H groups in total. The van der Waals surface area contributed by atoms with Gasteiger partial charge in [0, 0.05) is 25.7 Å². The predicted octanol–water partition coefficient (Wildman–Crippen LogP) is 1.35. The van der Waals surface area contributed by atoms with Gasteiger partial charge in [0.1, 0.15) is 17.5 Å².